The van der Waals surface area contributed by atoms with E-state index in [9.17, 15) is 13.2 Å². The second-order valence-electron chi connectivity index (χ2n) is 14.3. The molecular weight excluding hydrogens is 695 g/mol. The number of aryl methyl sites for hydroxylation is 1. The summed E-state index contributed by atoms with van der Waals surface area (Å²) in [4.78, 5) is 20.3. The average molecular weight is 747 g/mol. The second-order valence-corrected chi connectivity index (χ2v) is 16.8. The highest BCUT2D eigenvalue weighted by Crippen LogP contribution is 2.35. The van der Waals surface area contributed by atoms with E-state index in [4.69, 9.17) is 25.8 Å². The van der Waals surface area contributed by atoms with Crippen LogP contribution in [0.25, 0.3) is 0 Å². The number of allylic oxidation sites excluding steroid dienone is 1. The highest BCUT2D eigenvalue weighted by molar-refractivity contribution is 7.90. The fourth-order valence-electron chi connectivity index (χ4n) is 7.36. The van der Waals surface area contributed by atoms with E-state index in [1.54, 1.807) is 32.0 Å². The normalized spacial score (nSPS) is 27.7. The summed E-state index contributed by atoms with van der Waals surface area (Å²) in [5, 5.41) is -0.246. The van der Waals surface area contributed by atoms with Crippen molar-refractivity contribution in [2.45, 2.75) is 76.3 Å². The van der Waals surface area contributed by atoms with Crippen molar-refractivity contribution < 1.29 is 31.8 Å². The Hall–Kier alpha value is -2.74. The molecule has 280 valence electrons. The molecular formula is C38H52ClFN4O6S. The van der Waals surface area contributed by atoms with Gasteiger partial charge in [-0.05, 0) is 92.8 Å². The molecule has 0 aliphatic carbocycles. The van der Waals surface area contributed by atoms with E-state index < -0.39 is 33.1 Å². The molecule has 1 N–H and O–H groups in total. The van der Waals surface area contributed by atoms with Crippen LogP contribution in [0.15, 0.2) is 48.3 Å². The minimum Gasteiger partial charge on any atom is -0.487 e. The molecule has 0 radical (unpaired) electrons. The summed E-state index contributed by atoms with van der Waals surface area (Å²) in [6.07, 6.45) is 6.10. The fraction of sp³-hybridized carbons (Fsp3) is 0.605. The Bertz CT molecular complexity index is 1650. The number of benzene rings is 2. The predicted molar refractivity (Wildman–Crippen MR) is 198 cm³/mol. The molecule has 4 aliphatic rings. The van der Waals surface area contributed by atoms with Gasteiger partial charge < -0.3 is 19.1 Å². The maximum Gasteiger partial charge on any atom is 0.264 e. The SMILES string of the molecule is C[C@@H]1[C@@H](C)C/C=C(\F)[C@H](COCCCN2CCOCC2)N2CC[C@H]2CN2CCCCc3cc(Cl)ccc3COc3ccc(cc32)C(=O)NS1(=O)=O. The lowest BCUT2D eigenvalue weighted by Crippen LogP contribution is -2.59. The molecule has 0 aromatic heterocycles. The molecule has 4 atom stereocenters. The first-order valence-corrected chi connectivity index (χ1v) is 20.4. The summed E-state index contributed by atoms with van der Waals surface area (Å²) in [5.74, 6) is -0.848. The monoisotopic (exact) mass is 746 g/mol. The molecule has 2 bridgehead atoms. The van der Waals surface area contributed by atoms with Crippen molar-refractivity contribution in [2.75, 3.05) is 70.6 Å². The van der Waals surface area contributed by atoms with Gasteiger partial charge in [-0.3, -0.25) is 14.6 Å². The molecule has 2 fully saturated rings. The number of anilines is 1. The molecule has 6 rings (SSSR count). The Morgan fingerprint density at radius 3 is 2.65 bits per heavy atom. The number of ether oxygens (including phenoxy) is 3. The van der Waals surface area contributed by atoms with Gasteiger partial charge in [0, 0.05) is 62.5 Å². The van der Waals surface area contributed by atoms with Crippen molar-refractivity contribution in [2.24, 2.45) is 5.92 Å². The number of nitrogens with zero attached hydrogens (tertiary/aromatic N) is 3. The van der Waals surface area contributed by atoms with E-state index in [0.29, 0.717) is 42.8 Å². The Kier molecular flexibility index (Phi) is 13.0. The van der Waals surface area contributed by atoms with Crippen LogP contribution in [0.2, 0.25) is 5.02 Å². The highest BCUT2D eigenvalue weighted by Gasteiger charge is 2.38. The number of halogens is 2. The van der Waals surface area contributed by atoms with Gasteiger partial charge in [0.15, 0.2) is 0 Å². The van der Waals surface area contributed by atoms with Gasteiger partial charge in [-0.1, -0.05) is 30.7 Å². The second kappa shape index (κ2) is 17.4. The maximum atomic E-state index is 16.3. The standard InChI is InChI=1S/C38H52ClFN4O6S/c1-27-7-11-34(40)36(26-49-19-5-14-42-17-20-48-21-18-42)44-16-13-33(44)24-43-15-4-3-6-29-22-32(39)10-8-31(29)25-50-37-12-9-30(23-35(37)43)38(45)41-51(46,47)28(27)2/h8-12,22-23,27-28,33,36H,3-7,13-21,24-26H2,1-2H3,(H,41,45)/b34-11-/t27-,28+,33-,36-/m0/s1. The number of carbonyl (C=O) groups excluding carboxylic acids is 1. The van der Waals surface area contributed by atoms with Gasteiger partial charge in [0.2, 0.25) is 10.0 Å². The van der Waals surface area contributed by atoms with Crippen LogP contribution < -0.4 is 14.4 Å². The maximum absolute atomic E-state index is 16.3. The van der Waals surface area contributed by atoms with Crippen molar-refractivity contribution in [3.05, 3.63) is 70.0 Å². The zero-order valence-corrected chi connectivity index (χ0v) is 31.4. The largest absolute Gasteiger partial charge is 0.487 e. The summed E-state index contributed by atoms with van der Waals surface area (Å²) in [6, 6.07) is 10.4. The Morgan fingerprint density at radius 1 is 1.04 bits per heavy atom. The molecule has 0 unspecified atom stereocenters. The number of fused-ring (bicyclic) bond motifs is 3. The highest BCUT2D eigenvalue weighted by atomic mass is 35.5. The smallest absolute Gasteiger partial charge is 0.264 e. The van der Waals surface area contributed by atoms with Crippen molar-refractivity contribution >= 4 is 33.2 Å². The number of nitrogens with one attached hydrogen (secondary N) is 1. The Morgan fingerprint density at radius 2 is 1.86 bits per heavy atom. The quantitative estimate of drug-likeness (QED) is 0.380. The van der Waals surface area contributed by atoms with Crippen LogP contribution in [-0.2, 0) is 32.5 Å². The fourth-order valence-corrected chi connectivity index (χ4v) is 8.84. The zero-order valence-electron chi connectivity index (χ0n) is 29.8. The van der Waals surface area contributed by atoms with Crippen LogP contribution in [0, 0.1) is 5.92 Å². The van der Waals surface area contributed by atoms with E-state index in [1.165, 1.54) is 6.08 Å². The molecule has 2 aromatic rings. The van der Waals surface area contributed by atoms with E-state index in [0.717, 1.165) is 82.6 Å². The van der Waals surface area contributed by atoms with Gasteiger partial charge in [-0.25, -0.2) is 17.5 Å². The van der Waals surface area contributed by atoms with Gasteiger partial charge in [0.1, 0.15) is 18.2 Å². The summed E-state index contributed by atoms with van der Waals surface area (Å²) >= 11 is 6.36. The van der Waals surface area contributed by atoms with E-state index in [-0.39, 0.29) is 30.5 Å². The molecule has 0 spiro atoms. The third-order valence-electron chi connectivity index (χ3n) is 10.9. The first-order valence-electron chi connectivity index (χ1n) is 18.4. The number of sulfonamides is 1. The van der Waals surface area contributed by atoms with Gasteiger partial charge in [0.05, 0.1) is 36.8 Å². The van der Waals surface area contributed by atoms with Gasteiger partial charge in [0.25, 0.3) is 5.91 Å². The van der Waals surface area contributed by atoms with Crippen LogP contribution in [0.1, 0.15) is 67.4 Å². The Balaban J connectivity index is 1.28. The molecule has 13 heteroatoms. The molecule has 51 heavy (non-hydrogen) atoms. The van der Waals surface area contributed by atoms with Crippen LogP contribution in [-0.4, -0.2) is 107 Å². The van der Waals surface area contributed by atoms with Crippen LogP contribution >= 0.6 is 11.6 Å². The van der Waals surface area contributed by atoms with E-state index in [1.807, 2.05) is 18.2 Å². The molecule has 2 saturated heterocycles. The molecule has 4 heterocycles. The molecule has 1 amide bonds. The summed E-state index contributed by atoms with van der Waals surface area (Å²) in [7, 11) is -4.06. The predicted octanol–water partition coefficient (Wildman–Crippen LogP) is 5.58. The van der Waals surface area contributed by atoms with Crippen molar-refractivity contribution in [3.8, 4) is 5.75 Å². The van der Waals surface area contributed by atoms with E-state index >= 15 is 4.39 Å². The molecule has 2 aromatic carbocycles. The topological polar surface area (TPSA) is 101 Å². The first kappa shape index (κ1) is 38.0. The molecule has 0 saturated carbocycles. The molecule has 4 aliphatic heterocycles. The summed E-state index contributed by atoms with van der Waals surface area (Å²) in [6.45, 7) is 10.6. The summed E-state index contributed by atoms with van der Waals surface area (Å²) in [5.41, 5.74) is 3.14. The van der Waals surface area contributed by atoms with E-state index in [2.05, 4.69) is 19.4 Å². The molecule has 10 nitrogen and oxygen atoms in total. The summed E-state index contributed by atoms with van der Waals surface area (Å²) < 4.78 is 63.5. The number of hydrogen-bond donors (Lipinski definition) is 1. The minimum absolute atomic E-state index is 0.0437. The lowest BCUT2D eigenvalue weighted by molar-refractivity contribution is -0.00517. The Labute approximate surface area is 307 Å². The number of rotatable bonds is 6. The number of morpholine rings is 1. The van der Waals surface area contributed by atoms with Gasteiger partial charge in [-0.2, -0.15) is 0 Å². The van der Waals surface area contributed by atoms with Crippen LogP contribution in [0.4, 0.5) is 10.1 Å². The first-order chi connectivity index (χ1) is 24.6. The minimum atomic E-state index is -4.06. The van der Waals surface area contributed by atoms with Crippen molar-refractivity contribution in [3.63, 3.8) is 0 Å². The lowest BCUT2D eigenvalue weighted by atomic mass is 9.96. The third kappa shape index (κ3) is 9.63. The van der Waals surface area contributed by atoms with Crippen molar-refractivity contribution in [1.82, 2.24) is 14.5 Å². The third-order valence-corrected chi connectivity index (χ3v) is 13.1. The van der Waals surface area contributed by atoms with Gasteiger partial charge in [-0.15, -0.1) is 0 Å². The zero-order chi connectivity index (χ0) is 36.0. The lowest BCUT2D eigenvalue weighted by Gasteiger charge is -2.47. The van der Waals surface area contributed by atoms with Crippen molar-refractivity contribution in [1.29, 1.82) is 0 Å². The number of carbonyl (C=O) groups is 1. The number of hydrogen-bond acceptors (Lipinski definition) is 9. The number of amides is 1. The average Bonchev–Trinajstić information content (AvgIpc) is 3.14. The van der Waals surface area contributed by atoms with Crippen LogP contribution in [0.5, 0.6) is 5.75 Å². The van der Waals surface area contributed by atoms with Gasteiger partial charge >= 0.3 is 0 Å². The van der Waals surface area contributed by atoms with Crippen LogP contribution in [0.3, 0.4) is 0 Å².